The number of hydrogen-bond donors (Lipinski definition) is 0. The maximum absolute atomic E-state index is 13.7. The van der Waals surface area contributed by atoms with Gasteiger partial charge in [0, 0.05) is 18.0 Å². The second-order valence-corrected chi connectivity index (χ2v) is 4.07. The fraction of sp³-hybridized carbons (Fsp3) is 0.0909. The summed E-state index contributed by atoms with van der Waals surface area (Å²) in [4.78, 5) is 15.2. The van der Waals surface area contributed by atoms with E-state index < -0.39 is 11.7 Å². The van der Waals surface area contributed by atoms with Gasteiger partial charge < -0.3 is 0 Å². The van der Waals surface area contributed by atoms with Crippen molar-refractivity contribution < 1.29 is 13.6 Å². The Morgan fingerprint density at radius 1 is 1.31 bits per heavy atom. The van der Waals surface area contributed by atoms with Gasteiger partial charge in [-0.15, -0.1) is 11.3 Å². The summed E-state index contributed by atoms with van der Waals surface area (Å²) in [5.41, 5.74) is -0.381. The van der Waals surface area contributed by atoms with Crippen LogP contribution in [0.1, 0.15) is 15.2 Å². The highest BCUT2D eigenvalue weighted by Gasteiger charge is 2.41. The van der Waals surface area contributed by atoms with Gasteiger partial charge in [0.25, 0.3) is 0 Å². The van der Waals surface area contributed by atoms with Crippen LogP contribution in [0, 0.1) is 0 Å². The molecule has 2 aromatic rings. The summed E-state index contributed by atoms with van der Waals surface area (Å²) in [6.45, 7) is 0. The lowest BCUT2D eigenvalue weighted by Crippen LogP contribution is -2.25. The van der Waals surface area contributed by atoms with Gasteiger partial charge in [0.05, 0.1) is 4.88 Å². The molecule has 0 amide bonds. The Morgan fingerprint density at radius 2 is 2.12 bits per heavy atom. The highest BCUT2D eigenvalue weighted by atomic mass is 32.1. The van der Waals surface area contributed by atoms with E-state index in [-0.39, 0.29) is 10.4 Å². The zero-order valence-corrected chi connectivity index (χ0v) is 8.88. The minimum absolute atomic E-state index is 0.0499. The van der Waals surface area contributed by atoms with Crippen molar-refractivity contribution >= 4 is 17.1 Å². The molecule has 0 radical (unpaired) electrons. The van der Waals surface area contributed by atoms with Crippen LogP contribution in [0.5, 0.6) is 0 Å². The van der Waals surface area contributed by atoms with Gasteiger partial charge in [-0.25, -0.2) is 0 Å². The molecular formula is C11H7F2NOS. The fourth-order valence-electron chi connectivity index (χ4n) is 1.24. The van der Waals surface area contributed by atoms with Crippen LogP contribution in [0.25, 0.3) is 0 Å². The highest BCUT2D eigenvalue weighted by Crippen LogP contribution is 2.32. The summed E-state index contributed by atoms with van der Waals surface area (Å²) in [6, 6.07) is 5.53. The van der Waals surface area contributed by atoms with Crippen LogP contribution in [0.4, 0.5) is 8.78 Å². The van der Waals surface area contributed by atoms with Gasteiger partial charge >= 0.3 is 5.92 Å². The molecule has 0 fully saturated rings. The van der Waals surface area contributed by atoms with E-state index in [9.17, 15) is 13.6 Å². The van der Waals surface area contributed by atoms with E-state index in [0.29, 0.717) is 0 Å². The molecule has 2 rings (SSSR count). The van der Waals surface area contributed by atoms with E-state index in [0.717, 1.165) is 17.5 Å². The number of aromatic nitrogens is 1. The number of rotatable bonds is 3. The maximum Gasteiger partial charge on any atom is 0.337 e. The topological polar surface area (TPSA) is 30.0 Å². The smallest absolute Gasteiger partial charge is 0.286 e. The number of nitrogens with zero attached hydrogens (tertiary/aromatic N) is 1. The number of carbonyl (C=O) groups is 1. The van der Waals surface area contributed by atoms with Gasteiger partial charge in [0.15, 0.2) is 0 Å². The Morgan fingerprint density at radius 3 is 2.69 bits per heavy atom. The molecule has 82 valence electrons. The van der Waals surface area contributed by atoms with Crippen molar-refractivity contribution in [2.75, 3.05) is 0 Å². The van der Waals surface area contributed by atoms with Crippen molar-refractivity contribution in [2.45, 2.75) is 5.92 Å². The lowest BCUT2D eigenvalue weighted by Gasteiger charge is -2.13. The van der Waals surface area contributed by atoms with Crippen LogP contribution in [0.2, 0.25) is 0 Å². The summed E-state index contributed by atoms with van der Waals surface area (Å²) in [7, 11) is 0. The first-order chi connectivity index (χ1) is 7.62. The second-order valence-electron chi connectivity index (χ2n) is 3.12. The number of halogens is 2. The monoisotopic (exact) mass is 239 g/mol. The molecular weight excluding hydrogens is 232 g/mol. The molecule has 0 saturated carbocycles. The lowest BCUT2D eigenvalue weighted by molar-refractivity contribution is 0.00765. The van der Waals surface area contributed by atoms with Crippen LogP contribution in [0.3, 0.4) is 0 Å². The highest BCUT2D eigenvalue weighted by molar-refractivity contribution is 7.12. The molecule has 0 N–H and O–H groups in total. The van der Waals surface area contributed by atoms with Gasteiger partial charge in [-0.3, -0.25) is 9.78 Å². The Hall–Kier alpha value is -1.62. The summed E-state index contributed by atoms with van der Waals surface area (Å²) >= 11 is 1.00. The minimum atomic E-state index is -3.51. The van der Waals surface area contributed by atoms with E-state index in [2.05, 4.69) is 4.98 Å². The molecule has 2 aromatic heterocycles. The Kier molecular flexibility index (Phi) is 2.78. The average Bonchev–Trinajstić information content (AvgIpc) is 2.82. The van der Waals surface area contributed by atoms with Crippen LogP contribution in [-0.2, 0) is 5.92 Å². The Bertz CT molecular complexity index is 482. The number of thiophene rings is 1. The van der Waals surface area contributed by atoms with Crippen LogP contribution >= 0.6 is 11.3 Å². The van der Waals surface area contributed by atoms with Crippen molar-refractivity contribution in [1.29, 1.82) is 0 Å². The molecule has 0 aliphatic rings. The van der Waals surface area contributed by atoms with E-state index in [1.165, 1.54) is 24.4 Å². The predicted octanol–water partition coefficient (Wildman–Crippen LogP) is 3.12. The van der Waals surface area contributed by atoms with Crippen molar-refractivity contribution in [3.63, 3.8) is 0 Å². The number of carbonyl (C=O) groups excluding carboxylic acids is 1. The van der Waals surface area contributed by atoms with E-state index in [1.54, 1.807) is 11.4 Å². The number of hydrogen-bond acceptors (Lipinski definition) is 3. The third-order valence-electron chi connectivity index (χ3n) is 2.05. The molecule has 0 aliphatic carbocycles. The first-order valence-electron chi connectivity index (χ1n) is 4.49. The summed E-state index contributed by atoms with van der Waals surface area (Å²) in [5, 5.41) is 1.59. The summed E-state index contributed by atoms with van der Waals surface area (Å²) < 4.78 is 27.5. The van der Waals surface area contributed by atoms with Crippen LogP contribution in [0.15, 0.2) is 42.0 Å². The molecule has 0 atom stereocenters. The second kappa shape index (κ2) is 4.09. The van der Waals surface area contributed by atoms with Crippen molar-refractivity contribution in [3.8, 4) is 0 Å². The van der Waals surface area contributed by atoms with Gasteiger partial charge in [-0.1, -0.05) is 6.07 Å². The standard InChI is InChI=1S/C11H7F2NOS/c12-11(13,8-3-1-5-14-7-8)10(15)9-4-2-6-16-9/h1-7H. The number of ketones is 1. The molecule has 0 aliphatic heterocycles. The quantitative estimate of drug-likeness (QED) is 0.770. The summed E-state index contributed by atoms with van der Waals surface area (Å²) in [5.74, 6) is -4.70. The molecule has 2 heterocycles. The molecule has 5 heteroatoms. The third-order valence-corrected chi connectivity index (χ3v) is 2.92. The third kappa shape index (κ3) is 1.86. The zero-order chi connectivity index (χ0) is 11.6. The van der Waals surface area contributed by atoms with Crippen molar-refractivity contribution in [1.82, 2.24) is 4.98 Å². The summed E-state index contributed by atoms with van der Waals surface area (Å²) in [6.07, 6.45) is 2.39. The number of Topliss-reactive ketones (excluding diaryl/α,β-unsaturated/α-hetero) is 1. The van der Waals surface area contributed by atoms with E-state index >= 15 is 0 Å². The number of pyridine rings is 1. The molecule has 0 aromatic carbocycles. The predicted molar refractivity (Wildman–Crippen MR) is 56.8 cm³/mol. The molecule has 2 nitrogen and oxygen atoms in total. The normalized spacial score (nSPS) is 11.4. The molecule has 0 bridgehead atoms. The van der Waals surface area contributed by atoms with Crippen LogP contribution in [-0.4, -0.2) is 10.8 Å². The van der Waals surface area contributed by atoms with Crippen molar-refractivity contribution in [2.24, 2.45) is 0 Å². The molecule has 16 heavy (non-hydrogen) atoms. The molecule has 0 unspecified atom stereocenters. The lowest BCUT2D eigenvalue weighted by atomic mass is 10.1. The van der Waals surface area contributed by atoms with Gasteiger partial charge in [0.2, 0.25) is 5.78 Å². The van der Waals surface area contributed by atoms with Crippen LogP contribution < -0.4 is 0 Å². The SMILES string of the molecule is O=C(c1cccs1)C(F)(F)c1cccnc1. The van der Waals surface area contributed by atoms with Gasteiger partial charge in [-0.05, 0) is 23.6 Å². The first kappa shape index (κ1) is 10.9. The largest absolute Gasteiger partial charge is 0.337 e. The average molecular weight is 239 g/mol. The minimum Gasteiger partial charge on any atom is -0.286 e. The zero-order valence-electron chi connectivity index (χ0n) is 8.06. The number of alkyl halides is 2. The maximum atomic E-state index is 13.7. The molecule has 0 saturated heterocycles. The Labute approximate surface area is 94.6 Å². The van der Waals surface area contributed by atoms with E-state index in [4.69, 9.17) is 0 Å². The van der Waals surface area contributed by atoms with Gasteiger partial charge in [-0.2, -0.15) is 8.78 Å². The first-order valence-corrected chi connectivity index (χ1v) is 5.37. The fourth-order valence-corrected chi connectivity index (χ4v) is 1.94. The Balaban J connectivity index is 2.36. The molecule has 0 spiro atoms. The van der Waals surface area contributed by atoms with Gasteiger partial charge in [0.1, 0.15) is 0 Å². The van der Waals surface area contributed by atoms with E-state index in [1.807, 2.05) is 0 Å². The van der Waals surface area contributed by atoms with Crippen molar-refractivity contribution in [3.05, 3.63) is 52.5 Å².